The Morgan fingerprint density at radius 2 is 2.21 bits per heavy atom. The van der Waals surface area contributed by atoms with Crippen molar-refractivity contribution in [3.8, 4) is 17.3 Å². The van der Waals surface area contributed by atoms with E-state index in [0.29, 0.717) is 11.7 Å². The van der Waals surface area contributed by atoms with Gasteiger partial charge in [0.15, 0.2) is 5.82 Å². The molecule has 0 unspecified atom stereocenters. The van der Waals surface area contributed by atoms with Crippen molar-refractivity contribution in [1.29, 1.82) is 0 Å². The van der Waals surface area contributed by atoms with Crippen molar-refractivity contribution in [3.63, 3.8) is 0 Å². The number of hydrogen-bond donors (Lipinski definition) is 1. The zero-order chi connectivity index (χ0) is 9.97. The lowest BCUT2D eigenvalue weighted by Crippen LogP contribution is -1.92. The summed E-state index contributed by atoms with van der Waals surface area (Å²) in [6.45, 7) is 1.91. The Labute approximate surface area is 81.2 Å². The summed E-state index contributed by atoms with van der Waals surface area (Å²) in [5.74, 6) is 1.30. The Bertz CT molecular complexity index is 424. The van der Waals surface area contributed by atoms with Crippen LogP contribution in [0.2, 0.25) is 0 Å². The van der Waals surface area contributed by atoms with E-state index in [1.807, 2.05) is 19.1 Å². The van der Waals surface area contributed by atoms with Crippen LogP contribution in [0, 0.1) is 6.92 Å². The predicted octanol–water partition coefficient (Wildman–Crippen LogP) is 1.18. The van der Waals surface area contributed by atoms with Crippen molar-refractivity contribution in [1.82, 2.24) is 20.2 Å². The van der Waals surface area contributed by atoms with Crippen molar-refractivity contribution in [2.75, 3.05) is 7.11 Å². The average molecular weight is 190 g/mol. The van der Waals surface area contributed by atoms with E-state index in [-0.39, 0.29) is 0 Å². The molecule has 0 fully saturated rings. The van der Waals surface area contributed by atoms with Gasteiger partial charge in [0.2, 0.25) is 5.88 Å². The molecule has 14 heavy (non-hydrogen) atoms. The monoisotopic (exact) mass is 190 g/mol. The van der Waals surface area contributed by atoms with Crippen LogP contribution in [0.15, 0.2) is 18.5 Å². The van der Waals surface area contributed by atoms with Gasteiger partial charge in [0.05, 0.1) is 7.11 Å². The number of rotatable bonds is 2. The fourth-order valence-electron chi connectivity index (χ4n) is 1.22. The molecule has 72 valence electrons. The molecule has 2 aromatic rings. The molecule has 1 N–H and O–H groups in total. The zero-order valence-electron chi connectivity index (χ0n) is 7.98. The summed E-state index contributed by atoms with van der Waals surface area (Å²) in [6.07, 6.45) is 1.47. The van der Waals surface area contributed by atoms with Crippen LogP contribution in [-0.4, -0.2) is 27.3 Å². The molecule has 2 heterocycles. The molecule has 2 rings (SSSR count). The van der Waals surface area contributed by atoms with Crippen LogP contribution in [0.5, 0.6) is 5.88 Å². The number of aryl methyl sites for hydroxylation is 1. The maximum Gasteiger partial charge on any atom is 0.213 e. The van der Waals surface area contributed by atoms with Crippen molar-refractivity contribution < 1.29 is 4.74 Å². The van der Waals surface area contributed by atoms with Crippen LogP contribution in [0.4, 0.5) is 0 Å². The highest BCUT2D eigenvalue weighted by Gasteiger charge is 2.04. The summed E-state index contributed by atoms with van der Waals surface area (Å²) in [7, 11) is 1.59. The van der Waals surface area contributed by atoms with Gasteiger partial charge in [0.25, 0.3) is 0 Å². The second-order valence-electron chi connectivity index (χ2n) is 2.87. The lowest BCUT2D eigenvalue weighted by atomic mass is 10.2. The molecule has 0 aliphatic rings. The van der Waals surface area contributed by atoms with E-state index in [2.05, 4.69) is 20.2 Å². The lowest BCUT2D eigenvalue weighted by Gasteiger charge is -2.02. The number of hydrogen-bond acceptors (Lipinski definition) is 4. The van der Waals surface area contributed by atoms with Crippen molar-refractivity contribution >= 4 is 0 Å². The minimum Gasteiger partial charge on any atom is -0.481 e. The maximum absolute atomic E-state index is 5.06. The number of methoxy groups -OCH3 is 1. The third kappa shape index (κ3) is 1.56. The summed E-state index contributed by atoms with van der Waals surface area (Å²) in [5.41, 5.74) is 1.81. The summed E-state index contributed by atoms with van der Waals surface area (Å²) >= 11 is 0. The van der Waals surface area contributed by atoms with Crippen LogP contribution in [-0.2, 0) is 0 Å². The van der Waals surface area contributed by atoms with Crippen LogP contribution in [0.1, 0.15) is 5.69 Å². The highest BCUT2D eigenvalue weighted by atomic mass is 16.5. The number of nitrogens with one attached hydrogen (secondary N) is 1. The minimum absolute atomic E-state index is 0.580. The smallest absolute Gasteiger partial charge is 0.213 e. The van der Waals surface area contributed by atoms with E-state index in [9.17, 15) is 0 Å². The van der Waals surface area contributed by atoms with Gasteiger partial charge in [-0.3, -0.25) is 5.10 Å². The Balaban J connectivity index is 2.48. The molecule has 0 amide bonds. The quantitative estimate of drug-likeness (QED) is 0.772. The van der Waals surface area contributed by atoms with Gasteiger partial charge in [-0.25, -0.2) is 9.97 Å². The van der Waals surface area contributed by atoms with Crippen LogP contribution in [0.3, 0.4) is 0 Å². The van der Waals surface area contributed by atoms with Crippen LogP contribution >= 0.6 is 0 Å². The first-order valence-electron chi connectivity index (χ1n) is 4.18. The second kappa shape index (κ2) is 3.45. The SMILES string of the molecule is COc1cc(-c2ncn[nH]2)cc(C)n1. The normalized spacial score (nSPS) is 10.1. The van der Waals surface area contributed by atoms with E-state index >= 15 is 0 Å². The molecule has 0 aliphatic carbocycles. The number of ether oxygens (including phenoxy) is 1. The average Bonchev–Trinajstić information content (AvgIpc) is 2.69. The van der Waals surface area contributed by atoms with E-state index in [4.69, 9.17) is 4.74 Å². The summed E-state index contributed by atoms with van der Waals surface area (Å²) in [4.78, 5) is 8.23. The van der Waals surface area contributed by atoms with Gasteiger partial charge in [0.1, 0.15) is 6.33 Å². The number of H-pyrrole nitrogens is 1. The highest BCUT2D eigenvalue weighted by Crippen LogP contribution is 2.19. The number of pyridine rings is 1. The summed E-state index contributed by atoms with van der Waals surface area (Å²) < 4.78 is 5.06. The Hall–Kier alpha value is -1.91. The molecule has 0 saturated carbocycles. The molecular weight excluding hydrogens is 180 g/mol. The van der Waals surface area contributed by atoms with Crippen LogP contribution in [0.25, 0.3) is 11.4 Å². The van der Waals surface area contributed by atoms with Crippen molar-refractivity contribution in [2.45, 2.75) is 6.92 Å². The standard InChI is InChI=1S/C9H10N4O/c1-6-3-7(4-8(12-6)14-2)9-10-5-11-13-9/h3-5H,1-2H3,(H,10,11,13). The second-order valence-corrected chi connectivity index (χ2v) is 2.87. The molecule has 5 heteroatoms. The Kier molecular flexibility index (Phi) is 2.14. The number of aromatic amines is 1. The number of aromatic nitrogens is 4. The van der Waals surface area contributed by atoms with Gasteiger partial charge in [-0.05, 0) is 13.0 Å². The topological polar surface area (TPSA) is 63.7 Å². The highest BCUT2D eigenvalue weighted by molar-refractivity contribution is 5.56. The third-order valence-corrected chi connectivity index (χ3v) is 1.83. The Morgan fingerprint density at radius 3 is 2.86 bits per heavy atom. The van der Waals surface area contributed by atoms with Gasteiger partial charge in [-0.2, -0.15) is 5.10 Å². The molecule has 0 aliphatic heterocycles. The van der Waals surface area contributed by atoms with Gasteiger partial charge in [-0.15, -0.1) is 0 Å². The molecule has 0 radical (unpaired) electrons. The fraction of sp³-hybridized carbons (Fsp3) is 0.222. The van der Waals surface area contributed by atoms with E-state index < -0.39 is 0 Å². The summed E-state index contributed by atoms with van der Waals surface area (Å²) in [6, 6.07) is 3.73. The molecular formula is C9H10N4O. The molecule has 5 nitrogen and oxygen atoms in total. The first kappa shape index (κ1) is 8.68. The van der Waals surface area contributed by atoms with Crippen molar-refractivity contribution in [3.05, 3.63) is 24.2 Å². The zero-order valence-corrected chi connectivity index (χ0v) is 7.98. The third-order valence-electron chi connectivity index (χ3n) is 1.83. The van der Waals surface area contributed by atoms with Gasteiger partial charge in [-0.1, -0.05) is 0 Å². The van der Waals surface area contributed by atoms with E-state index in [1.165, 1.54) is 6.33 Å². The van der Waals surface area contributed by atoms with Gasteiger partial charge in [0, 0.05) is 17.3 Å². The first-order valence-corrected chi connectivity index (χ1v) is 4.18. The molecule has 0 atom stereocenters. The molecule has 2 aromatic heterocycles. The maximum atomic E-state index is 5.06. The van der Waals surface area contributed by atoms with Gasteiger partial charge >= 0.3 is 0 Å². The predicted molar refractivity (Wildman–Crippen MR) is 50.9 cm³/mol. The molecule has 0 aromatic carbocycles. The van der Waals surface area contributed by atoms with E-state index in [0.717, 1.165) is 11.3 Å². The van der Waals surface area contributed by atoms with Crippen molar-refractivity contribution in [2.24, 2.45) is 0 Å². The van der Waals surface area contributed by atoms with Crippen LogP contribution < -0.4 is 4.74 Å². The largest absolute Gasteiger partial charge is 0.481 e. The molecule has 0 bridgehead atoms. The molecule has 0 saturated heterocycles. The number of nitrogens with zero attached hydrogens (tertiary/aromatic N) is 3. The minimum atomic E-state index is 0.580. The van der Waals surface area contributed by atoms with Gasteiger partial charge < -0.3 is 4.74 Å². The molecule has 0 spiro atoms. The fourth-order valence-corrected chi connectivity index (χ4v) is 1.22. The lowest BCUT2D eigenvalue weighted by molar-refractivity contribution is 0.397. The first-order chi connectivity index (χ1) is 6.79. The van der Waals surface area contributed by atoms with E-state index in [1.54, 1.807) is 7.11 Å². The Morgan fingerprint density at radius 1 is 1.36 bits per heavy atom. The summed E-state index contributed by atoms with van der Waals surface area (Å²) in [5, 5.41) is 6.57.